The van der Waals surface area contributed by atoms with Gasteiger partial charge in [-0.25, -0.2) is 4.98 Å². The fourth-order valence-electron chi connectivity index (χ4n) is 4.37. The lowest BCUT2D eigenvalue weighted by atomic mass is 9.91. The van der Waals surface area contributed by atoms with E-state index >= 15 is 0 Å². The molecule has 5 rings (SSSR count). The van der Waals surface area contributed by atoms with Crippen LogP contribution in [0.3, 0.4) is 0 Å². The molecule has 0 amide bonds. The summed E-state index contributed by atoms with van der Waals surface area (Å²) in [5.41, 5.74) is 6.40. The van der Waals surface area contributed by atoms with Crippen LogP contribution < -0.4 is 4.74 Å². The molecule has 4 heteroatoms. The van der Waals surface area contributed by atoms with Crippen LogP contribution in [0.4, 0.5) is 0 Å². The summed E-state index contributed by atoms with van der Waals surface area (Å²) < 4.78 is 7.97. The van der Waals surface area contributed by atoms with E-state index in [9.17, 15) is 4.79 Å². The van der Waals surface area contributed by atoms with Crippen molar-refractivity contribution in [3.8, 4) is 5.75 Å². The quantitative estimate of drug-likeness (QED) is 0.333. The number of allylic oxidation sites excluding steroid dienone is 2. The predicted molar refractivity (Wildman–Crippen MR) is 126 cm³/mol. The molecule has 32 heavy (non-hydrogen) atoms. The third-order valence-corrected chi connectivity index (χ3v) is 6.01. The zero-order valence-corrected chi connectivity index (χ0v) is 17.9. The fraction of sp³-hybridized carbons (Fsp3) is 0.143. The number of fused-ring (bicyclic) bond motifs is 1. The highest BCUT2D eigenvalue weighted by molar-refractivity contribution is 6.01. The van der Waals surface area contributed by atoms with Crippen LogP contribution in [0.15, 0.2) is 97.5 Å². The SMILES string of the molecule is CC1=C(c2ccccc2)C(CC(=O)c2ccc(OCc3ccccc3)cc2)n2cncc21. The van der Waals surface area contributed by atoms with E-state index in [2.05, 4.69) is 28.6 Å². The Bertz CT molecular complexity index is 1260. The highest BCUT2D eigenvalue weighted by Crippen LogP contribution is 2.44. The number of hydrogen-bond donors (Lipinski definition) is 0. The summed E-state index contributed by atoms with van der Waals surface area (Å²) in [7, 11) is 0. The van der Waals surface area contributed by atoms with Crippen molar-refractivity contribution < 1.29 is 9.53 Å². The number of ketones is 1. The minimum Gasteiger partial charge on any atom is -0.489 e. The Labute approximate surface area is 187 Å². The Morgan fingerprint density at radius 3 is 2.34 bits per heavy atom. The Morgan fingerprint density at radius 2 is 1.62 bits per heavy atom. The molecule has 0 spiro atoms. The first kappa shape index (κ1) is 20.0. The highest BCUT2D eigenvalue weighted by atomic mass is 16.5. The van der Waals surface area contributed by atoms with Gasteiger partial charge in [-0.05, 0) is 53.5 Å². The van der Waals surface area contributed by atoms with Gasteiger partial charge in [0, 0.05) is 12.0 Å². The fourth-order valence-corrected chi connectivity index (χ4v) is 4.37. The van der Waals surface area contributed by atoms with Crippen LogP contribution in [-0.4, -0.2) is 15.3 Å². The van der Waals surface area contributed by atoms with E-state index in [0.29, 0.717) is 18.6 Å². The second-order valence-corrected chi connectivity index (χ2v) is 8.03. The molecule has 158 valence electrons. The topological polar surface area (TPSA) is 44.1 Å². The van der Waals surface area contributed by atoms with Crippen LogP contribution in [-0.2, 0) is 6.61 Å². The Hall–Kier alpha value is -3.92. The van der Waals surface area contributed by atoms with Crippen molar-refractivity contribution in [1.82, 2.24) is 9.55 Å². The lowest BCUT2D eigenvalue weighted by Crippen LogP contribution is -2.13. The van der Waals surface area contributed by atoms with Crippen molar-refractivity contribution in [3.05, 3.63) is 120 Å². The summed E-state index contributed by atoms with van der Waals surface area (Å²) in [6, 6.07) is 27.7. The molecule has 0 saturated carbocycles. The van der Waals surface area contributed by atoms with Crippen molar-refractivity contribution in [2.45, 2.75) is 26.0 Å². The third kappa shape index (κ3) is 3.87. The molecule has 1 aliphatic heterocycles. The average Bonchev–Trinajstić information content (AvgIpc) is 3.42. The molecule has 3 aromatic carbocycles. The second-order valence-electron chi connectivity index (χ2n) is 8.03. The Kier molecular flexibility index (Phi) is 5.42. The van der Waals surface area contributed by atoms with Gasteiger partial charge in [0.15, 0.2) is 5.78 Å². The van der Waals surface area contributed by atoms with E-state index in [1.54, 1.807) is 0 Å². The predicted octanol–water partition coefficient (Wildman–Crippen LogP) is 6.22. The number of nitrogens with zero attached hydrogens (tertiary/aromatic N) is 2. The van der Waals surface area contributed by atoms with Gasteiger partial charge >= 0.3 is 0 Å². The van der Waals surface area contributed by atoms with Gasteiger partial charge in [0.05, 0.1) is 24.3 Å². The maximum Gasteiger partial charge on any atom is 0.165 e. The van der Waals surface area contributed by atoms with Gasteiger partial charge in [-0.15, -0.1) is 0 Å². The van der Waals surface area contributed by atoms with Gasteiger partial charge in [0.25, 0.3) is 0 Å². The van der Waals surface area contributed by atoms with Crippen molar-refractivity contribution in [2.75, 3.05) is 0 Å². The van der Waals surface area contributed by atoms with Gasteiger partial charge in [-0.3, -0.25) is 4.79 Å². The summed E-state index contributed by atoms with van der Waals surface area (Å²) in [4.78, 5) is 17.5. The molecule has 0 fully saturated rings. The number of rotatable bonds is 7. The van der Waals surface area contributed by atoms with E-state index in [0.717, 1.165) is 22.6 Å². The van der Waals surface area contributed by atoms with E-state index in [4.69, 9.17) is 4.74 Å². The molecule has 0 aliphatic carbocycles. The lowest BCUT2D eigenvalue weighted by Gasteiger charge is -2.18. The van der Waals surface area contributed by atoms with E-state index in [-0.39, 0.29) is 11.8 Å². The van der Waals surface area contributed by atoms with Crippen molar-refractivity contribution in [1.29, 1.82) is 0 Å². The zero-order valence-electron chi connectivity index (χ0n) is 17.9. The van der Waals surface area contributed by atoms with Gasteiger partial charge in [-0.1, -0.05) is 60.7 Å². The number of hydrogen-bond acceptors (Lipinski definition) is 3. The maximum absolute atomic E-state index is 13.2. The molecule has 1 unspecified atom stereocenters. The molecule has 0 N–H and O–H groups in total. The van der Waals surface area contributed by atoms with Crippen LogP contribution in [0, 0.1) is 0 Å². The monoisotopic (exact) mass is 420 g/mol. The molecular weight excluding hydrogens is 396 g/mol. The van der Waals surface area contributed by atoms with Crippen molar-refractivity contribution >= 4 is 16.9 Å². The number of aromatic nitrogens is 2. The Morgan fingerprint density at radius 1 is 0.938 bits per heavy atom. The van der Waals surface area contributed by atoms with Crippen molar-refractivity contribution in [3.63, 3.8) is 0 Å². The summed E-state index contributed by atoms with van der Waals surface area (Å²) in [5, 5.41) is 0. The van der Waals surface area contributed by atoms with Crippen molar-refractivity contribution in [2.24, 2.45) is 0 Å². The van der Waals surface area contributed by atoms with Crippen LogP contribution in [0.5, 0.6) is 5.75 Å². The lowest BCUT2D eigenvalue weighted by molar-refractivity contribution is 0.0972. The van der Waals surface area contributed by atoms with E-state index in [1.165, 1.54) is 11.1 Å². The van der Waals surface area contributed by atoms with E-state index < -0.39 is 0 Å². The zero-order chi connectivity index (χ0) is 21.9. The molecular formula is C28H24N2O2. The molecule has 0 bridgehead atoms. The Balaban J connectivity index is 1.33. The standard InChI is InChI=1S/C28H24N2O2/c1-20-26-17-29-19-30(26)25(28(20)23-10-6-3-7-11-23)16-27(31)22-12-14-24(15-13-22)32-18-21-8-4-2-5-9-21/h2-15,17,19,25H,16,18H2,1H3. The molecule has 4 aromatic rings. The molecule has 0 radical (unpaired) electrons. The second kappa shape index (κ2) is 8.67. The minimum atomic E-state index is -0.0589. The molecule has 1 aromatic heterocycles. The first-order valence-corrected chi connectivity index (χ1v) is 10.8. The molecule has 4 nitrogen and oxygen atoms in total. The molecule has 1 atom stereocenters. The largest absolute Gasteiger partial charge is 0.489 e. The number of benzene rings is 3. The molecule has 2 heterocycles. The first-order chi connectivity index (χ1) is 15.7. The van der Waals surface area contributed by atoms with Gasteiger partial charge in [-0.2, -0.15) is 0 Å². The molecule has 1 aliphatic rings. The smallest absolute Gasteiger partial charge is 0.165 e. The number of imidazole rings is 1. The van der Waals surface area contributed by atoms with Crippen LogP contribution in [0.25, 0.3) is 11.1 Å². The minimum absolute atomic E-state index is 0.0589. The van der Waals surface area contributed by atoms with Gasteiger partial charge in [0.1, 0.15) is 12.4 Å². The maximum atomic E-state index is 13.2. The third-order valence-electron chi connectivity index (χ3n) is 6.01. The average molecular weight is 421 g/mol. The van der Waals surface area contributed by atoms with Gasteiger partial charge in [0.2, 0.25) is 0 Å². The number of carbonyl (C=O) groups excluding carboxylic acids is 1. The number of carbonyl (C=O) groups is 1. The normalized spacial score (nSPS) is 15.0. The molecule has 0 saturated heterocycles. The summed E-state index contributed by atoms with van der Waals surface area (Å²) >= 11 is 0. The number of Topliss-reactive ketones (excluding diaryl/α,β-unsaturated/α-hetero) is 1. The summed E-state index contributed by atoms with van der Waals surface area (Å²) in [5.74, 6) is 0.858. The summed E-state index contributed by atoms with van der Waals surface area (Å²) in [6.45, 7) is 2.61. The summed E-state index contributed by atoms with van der Waals surface area (Å²) in [6.07, 6.45) is 4.09. The van der Waals surface area contributed by atoms with Crippen LogP contribution in [0.1, 0.15) is 46.6 Å². The van der Waals surface area contributed by atoms with Crippen LogP contribution in [0.2, 0.25) is 0 Å². The van der Waals surface area contributed by atoms with Gasteiger partial charge < -0.3 is 9.30 Å². The van der Waals surface area contributed by atoms with Crippen LogP contribution >= 0.6 is 0 Å². The van der Waals surface area contributed by atoms with E-state index in [1.807, 2.05) is 85.3 Å². The highest BCUT2D eigenvalue weighted by Gasteiger charge is 2.31. The number of ether oxygens (including phenoxy) is 1. The first-order valence-electron chi connectivity index (χ1n) is 10.8.